The quantitative estimate of drug-likeness (QED) is 0.684. The fraction of sp³-hybridized carbons (Fsp3) is 0.455. The summed E-state index contributed by atoms with van der Waals surface area (Å²) in [5, 5.41) is 19.1. The molecule has 1 aromatic carbocycles. The van der Waals surface area contributed by atoms with E-state index in [1.54, 1.807) is 12.1 Å². The van der Waals surface area contributed by atoms with Crippen molar-refractivity contribution in [1.29, 1.82) is 0 Å². The maximum Gasteiger partial charge on any atom is 0.119 e. The molecule has 0 amide bonds. The van der Waals surface area contributed by atoms with Gasteiger partial charge in [-0.1, -0.05) is 26.0 Å². The summed E-state index contributed by atoms with van der Waals surface area (Å²) in [5.74, 6) is 0.504. The monoisotopic (exact) mass is 195 g/mol. The Labute approximate surface area is 84.2 Å². The number of benzene rings is 1. The lowest BCUT2D eigenvalue weighted by atomic mass is 9.99. The normalized spacial score (nSPS) is 13.2. The molecule has 1 rings (SSSR count). The molecule has 1 atom stereocenters. The first kappa shape index (κ1) is 11.0. The molecule has 0 aliphatic carbocycles. The highest BCUT2D eigenvalue weighted by Gasteiger charge is 2.10. The highest BCUT2D eigenvalue weighted by Crippen LogP contribution is 2.28. The molecule has 78 valence electrons. The Kier molecular flexibility index (Phi) is 3.49. The molecule has 0 saturated heterocycles. The van der Waals surface area contributed by atoms with Gasteiger partial charge in [0.2, 0.25) is 0 Å². The average molecular weight is 195 g/mol. The molecule has 0 bridgehead atoms. The minimum atomic E-state index is -0.692. The lowest BCUT2D eigenvalue weighted by Crippen LogP contribution is -2.11. The van der Waals surface area contributed by atoms with Crippen molar-refractivity contribution in [3.05, 3.63) is 29.3 Å². The van der Waals surface area contributed by atoms with E-state index in [1.807, 2.05) is 19.9 Å². The van der Waals surface area contributed by atoms with E-state index >= 15 is 0 Å². The van der Waals surface area contributed by atoms with Gasteiger partial charge in [-0.3, -0.25) is 0 Å². The molecule has 0 saturated carbocycles. The first-order valence-corrected chi connectivity index (χ1v) is 4.77. The van der Waals surface area contributed by atoms with E-state index in [0.29, 0.717) is 5.56 Å². The summed E-state index contributed by atoms with van der Waals surface area (Å²) in [6, 6.07) is 5.20. The molecule has 0 fully saturated rings. The van der Waals surface area contributed by atoms with Crippen LogP contribution in [0.15, 0.2) is 18.2 Å². The van der Waals surface area contributed by atoms with E-state index in [2.05, 4.69) is 0 Å². The summed E-state index contributed by atoms with van der Waals surface area (Å²) in [6.45, 7) is 4.18. The second-order valence-corrected chi connectivity index (χ2v) is 3.72. The van der Waals surface area contributed by atoms with E-state index < -0.39 is 6.10 Å². The Bertz CT molecular complexity index is 310. The maximum atomic E-state index is 9.65. The van der Waals surface area contributed by atoms with Crippen molar-refractivity contribution < 1.29 is 10.2 Å². The van der Waals surface area contributed by atoms with E-state index in [9.17, 15) is 10.2 Å². The van der Waals surface area contributed by atoms with Crippen LogP contribution in [-0.4, -0.2) is 16.8 Å². The second kappa shape index (κ2) is 4.44. The van der Waals surface area contributed by atoms with E-state index in [0.717, 1.165) is 5.56 Å². The Morgan fingerprint density at radius 3 is 2.43 bits per heavy atom. The smallest absolute Gasteiger partial charge is 0.119 e. The van der Waals surface area contributed by atoms with Crippen LogP contribution in [0, 0.1) is 0 Å². The molecule has 0 aliphatic rings. The van der Waals surface area contributed by atoms with Crippen LogP contribution in [0.3, 0.4) is 0 Å². The highest BCUT2D eigenvalue weighted by atomic mass is 16.3. The highest BCUT2D eigenvalue weighted by molar-refractivity contribution is 5.39. The summed E-state index contributed by atoms with van der Waals surface area (Å²) in [4.78, 5) is 0. The van der Waals surface area contributed by atoms with Crippen LogP contribution in [0.5, 0.6) is 5.75 Å². The maximum absolute atomic E-state index is 9.65. The van der Waals surface area contributed by atoms with Crippen molar-refractivity contribution in [2.45, 2.75) is 25.9 Å². The van der Waals surface area contributed by atoms with Gasteiger partial charge < -0.3 is 15.9 Å². The van der Waals surface area contributed by atoms with E-state index in [1.165, 1.54) is 0 Å². The fourth-order valence-corrected chi connectivity index (χ4v) is 1.39. The van der Waals surface area contributed by atoms with Crippen molar-refractivity contribution in [3.8, 4) is 5.75 Å². The van der Waals surface area contributed by atoms with Gasteiger partial charge in [-0.15, -0.1) is 0 Å². The Balaban J connectivity index is 3.00. The summed E-state index contributed by atoms with van der Waals surface area (Å²) < 4.78 is 0. The number of hydrogen-bond acceptors (Lipinski definition) is 3. The largest absolute Gasteiger partial charge is 0.508 e. The van der Waals surface area contributed by atoms with Crippen LogP contribution in [0.1, 0.15) is 37.0 Å². The number of nitrogens with two attached hydrogens (primary N) is 1. The summed E-state index contributed by atoms with van der Waals surface area (Å²) in [6.07, 6.45) is -0.692. The van der Waals surface area contributed by atoms with Gasteiger partial charge >= 0.3 is 0 Å². The first-order valence-electron chi connectivity index (χ1n) is 4.77. The van der Waals surface area contributed by atoms with Crippen molar-refractivity contribution >= 4 is 0 Å². The van der Waals surface area contributed by atoms with Gasteiger partial charge in [0.1, 0.15) is 5.75 Å². The summed E-state index contributed by atoms with van der Waals surface area (Å²) >= 11 is 0. The minimum absolute atomic E-state index is 0.167. The number of phenols is 1. The van der Waals surface area contributed by atoms with Gasteiger partial charge in [-0.05, 0) is 23.1 Å². The lowest BCUT2D eigenvalue weighted by Gasteiger charge is -2.12. The second-order valence-electron chi connectivity index (χ2n) is 3.72. The Hall–Kier alpha value is -1.06. The third-order valence-corrected chi connectivity index (χ3v) is 2.28. The first-order chi connectivity index (χ1) is 6.56. The van der Waals surface area contributed by atoms with Crippen LogP contribution in [0.4, 0.5) is 0 Å². The third-order valence-electron chi connectivity index (χ3n) is 2.28. The zero-order valence-electron chi connectivity index (χ0n) is 8.57. The third kappa shape index (κ3) is 2.25. The SMILES string of the molecule is CC(C)c1ccc(C(O)CN)cc1O. The van der Waals surface area contributed by atoms with Gasteiger partial charge in [0.25, 0.3) is 0 Å². The standard InChI is InChI=1S/C11H17NO2/c1-7(2)9-4-3-8(5-10(9)13)11(14)6-12/h3-5,7,11,13-14H,6,12H2,1-2H3. The topological polar surface area (TPSA) is 66.5 Å². The molecule has 0 radical (unpaired) electrons. The zero-order chi connectivity index (χ0) is 10.7. The molecular weight excluding hydrogens is 178 g/mol. The molecule has 0 spiro atoms. The number of aliphatic hydroxyl groups excluding tert-OH is 1. The lowest BCUT2D eigenvalue weighted by molar-refractivity contribution is 0.186. The van der Waals surface area contributed by atoms with Crippen LogP contribution in [-0.2, 0) is 0 Å². The molecule has 1 aromatic rings. The molecule has 1 unspecified atom stereocenters. The number of aliphatic hydroxyl groups is 1. The van der Waals surface area contributed by atoms with Crippen molar-refractivity contribution in [2.75, 3.05) is 6.54 Å². The van der Waals surface area contributed by atoms with Crippen LogP contribution < -0.4 is 5.73 Å². The van der Waals surface area contributed by atoms with E-state index in [4.69, 9.17) is 5.73 Å². The number of rotatable bonds is 3. The van der Waals surface area contributed by atoms with Crippen LogP contribution in [0.2, 0.25) is 0 Å². The predicted octanol–water partition coefficient (Wildman–Crippen LogP) is 1.51. The van der Waals surface area contributed by atoms with Crippen LogP contribution >= 0.6 is 0 Å². The van der Waals surface area contributed by atoms with Crippen molar-refractivity contribution in [2.24, 2.45) is 5.73 Å². The predicted molar refractivity (Wildman–Crippen MR) is 56.2 cm³/mol. The zero-order valence-corrected chi connectivity index (χ0v) is 8.57. The molecule has 0 heterocycles. The molecule has 0 aromatic heterocycles. The average Bonchev–Trinajstić information content (AvgIpc) is 2.15. The summed E-state index contributed by atoms with van der Waals surface area (Å²) in [5.41, 5.74) is 6.87. The molecule has 14 heavy (non-hydrogen) atoms. The molecule has 3 heteroatoms. The van der Waals surface area contributed by atoms with Gasteiger partial charge in [0, 0.05) is 6.54 Å². The van der Waals surface area contributed by atoms with Crippen LogP contribution in [0.25, 0.3) is 0 Å². The minimum Gasteiger partial charge on any atom is -0.508 e. The number of phenolic OH excluding ortho intramolecular Hbond substituents is 1. The van der Waals surface area contributed by atoms with Crippen molar-refractivity contribution in [1.82, 2.24) is 0 Å². The van der Waals surface area contributed by atoms with Gasteiger partial charge in [-0.25, -0.2) is 0 Å². The van der Waals surface area contributed by atoms with E-state index in [-0.39, 0.29) is 18.2 Å². The summed E-state index contributed by atoms with van der Waals surface area (Å²) in [7, 11) is 0. The fourth-order valence-electron chi connectivity index (χ4n) is 1.39. The Morgan fingerprint density at radius 1 is 1.36 bits per heavy atom. The number of aromatic hydroxyl groups is 1. The molecule has 4 N–H and O–H groups in total. The van der Waals surface area contributed by atoms with Gasteiger partial charge in [0.15, 0.2) is 0 Å². The molecular formula is C11H17NO2. The van der Waals surface area contributed by atoms with Gasteiger partial charge in [-0.2, -0.15) is 0 Å². The molecule has 3 nitrogen and oxygen atoms in total. The van der Waals surface area contributed by atoms with Gasteiger partial charge in [0.05, 0.1) is 6.10 Å². The Morgan fingerprint density at radius 2 is 2.00 bits per heavy atom. The molecule has 0 aliphatic heterocycles. The number of hydrogen-bond donors (Lipinski definition) is 3. The van der Waals surface area contributed by atoms with Crippen molar-refractivity contribution in [3.63, 3.8) is 0 Å².